The van der Waals surface area contributed by atoms with Gasteiger partial charge in [0.2, 0.25) is 0 Å². The van der Waals surface area contributed by atoms with Crippen LogP contribution in [0.25, 0.3) is 0 Å². The summed E-state index contributed by atoms with van der Waals surface area (Å²) < 4.78 is 0. The van der Waals surface area contributed by atoms with Gasteiger partial charge in [-0.05, 0) is 26.7 Å². The molecule has 0 amide bonds. The summed E-state index contributed by atoms with van der Waals surface area (Å²) >= 11 is 0. The van der Waals surface area contributed by atoms with Crippen LogP contribution >= 0.6 is 0 Å². The van der Waals surface area contributed by atoms with Gasteiger partial charge >= 0.3 is 0 Å². The third-order valence-corrected chi connectivity index (χ3v) is 3.46. The number of aliphatic hydroxyl groups excluding tert-OH is 1. The minimum Gasteiger partial charge on any atom is -0.396 e. The van der Waals surface area contributed by atoms with Gasteiger partial charge in [0.25, 0.3) is 0 Å². The molecule has 120 valence electrons. The van der Waals surface area contributed by atoms with Crippen LogP contribution in [-0.2, 0) is 0 Å². The lowest BCUT2D eigenvalue weighted by Crippen LogP contribution is -2.27. The van der Waals surface area contributed by atoms with E-state index in [1.54, 1.807) is 0 Å². The highest BCUT2D eigenvalue weighted by molar-refractivity contribution is 5.58. The second kappa shape index (κ2) is 8.82. The molecule has 0 atom stereocenters. The van der Waals surface area contributed by atoms with Crippen LogP contribution in [0.1, 0.15) is 57.8 Å². The molecule has 1 aromatic rings. The van der Waals surface area contributed by atoms with Gasteiger partial charge in [0.05, 0.1) is 0 Å². The zero-order valence-corrected chi connectivity index (χ0v) is 14.1. The Bertz CT molecular complexity index is 435. The Morgan fingerprint density at radius 3 is 2.48 bits per heavy atom. The largest absolute Gasteiger partial charge is 0.396 e. The van der Waals surface area contributed by atoms with Crippen LogP contribution in [0.2, 0.25) is 0 Å². The fourth-order valence-corrected chi connectivity index (χ4v) is 2.18. The summed E-state index contributed by atoms with van der Waals surface area (Å²) in [4.78, 5) is 11.6. The molecule has 0 saturated heterocycles. The van der Waals surface area contributed by atoms with Crippen molar-refractivity contribution < 1.29 is 5.11 Å². The Balaban J connectivity index is 3.17. The Hall–Kier alpha value is -1.36. The topological polar surface area (TPSA) is 61.3 Å². The molecule has 5 nitrogen and oxygen atoms in total. The summed E-state index contributed by atoms with van der Waals surface area (Å²) in [5.41, 5.74) is 1.09. The Morgan fingerprint density at radius 2 is 1.95 bits per heavy atom. The minimum absolute atomic E-state index is 0.207. The SMILES string of the molecule is CCCNc1nc(C(C)C)nc(N(CC)CCCO)c1C. The summed E-state index contributed by atoms with van der Waals surface area (Å²) in [6, 6.07) is 0. The molecule has 0 unspecified atom stereocenters. The van der Waals surface area contributed by atoms with Gasteiger partial charge in [-0.15, -0.1) is 0 Å². The molecular formula is C16H30N4O. The van der Waals surface area contributed by atoms with Crippen LogP contribution in [0.3, 0.4) is 0 Å². The average Bonchev–Trinajstić information content (AvgIpc) is 2.47. The highest BCUT2D eigenvalue weighted by Gasteiger charge is 2.16. The van der Waals surface area contributed by atoms with E-state index in [9.17, 15) is 0 Å². The van der Waals surface area contributed by atoms with Gasteiger partial charge in [0.15, 0.2) is 0 Å². The first-order chi connectivity index (χ1) is 10.0. The fourth-order valence-electron chi connectivity index (χ4n) is 2.18. The average molecular weight is 294 g/mol. The van der Waals surface area contributed by atoms with E-state index in [4.69, 9.17) is 10.1 Å². The lowest BCUT2D eigenvalue weighted by Gasteiger charge is -2.25. The highest BCUT2D eigenvalue weighted by Crippen LogP contribution is 2.26. The molecule has 2 N–H and O–H groups in total. The van der Waals surface area contributed by atoms with Crippen molar-refractivity contribution in [3.63, 3.8) is 0 Å². The molecule has 1 heterocycles. The third-order valence-electron chi connectivity index (χ3n) is 3.46. The van der Waals surface area contributed by atoms with Gasteiger partial charge < -0.3 is 15.3 Å². The van der Waals surface area contributed by atoms with E-state index in [2.05, 4.69) is 49.8 Å². The van der Waals surface area contributed by atoms with Crippen molar-refractivity contribution in [2.75, 3.05) is 36.5 Å². The molecule has 0 saturated carbocycles. The summed E-state index contributed by atoms with van der Waals surface area (Å²) in [5.74, 6) is 3.09. The molecule has 1 aromatic heterocycles. The van der Waals surface area contributed by atoms with Crippen LogP contribution < -0.4 is 10.2 Å². The van der Waals surface area contributed by atoms with E-state index in [-0.39, 0.29) is 6.61 Å². The number of hydrogen-bond donors (Lipinski definition) is 2. The maximum Gasteiger partial charge on any atom is 0.137 e. The number of hydrogen-bond acceptors (Lipinski definition) is 5. The van der Waals surface area contributed by atoms with Gasteiger partial charge in [-0.25, -0.2) is 9.97 Å². The number of anilines is 2. The van der Waals surface area contributed by atoms with Gasteiger partial charge in [-0.1, -0.05) is 20.8 Å². The lowest BCUT2D eigenvalue weighted by molar-refractivity contribution is 0.289. The van der Waals surface area contributed by atoms with E-state index >= 15 is 0 Å². The summed E-state index contributed by atoms with van der Waals surface area (Å²) in [6.07, 6.45) is 1.82. The van der Waals surface area contributed by atoms with Crippen molar-refractivity contribution in [1.82, 2.24) is 9.97 Å². The van der Waals surface area contributed by atoms with Crippen molar-refractivity contribution in [1.29, 1.82) is 0 Å². The summed E-state index contributed by atoms with van der Waals surface area (Å²) in [5, 5.41) is 12.5. The van der Waals surface area contributed by atoms with Crippen LogP contribution in [0.4, 0.5) is 11.6 Å². The van der Waals surface area contributed by atoms with E-state index in [0.717, 1.165) is 55.5 Å². The molecule has 5 heteroatoms. The summed E-state index contributed by atoms with van der Waals surface area (Å²) in [7, 11) is 0. The Labute approximate surface area is 128 Å². The normalized spacial score (nSPS) is 11.0. The maximum absolute atomic E-state index is 9.07. The van der Waals surface area contributed by atoms with Gasteiger partial charge in [0, 0.05) is 37.7 Å². The number of rotatable bonds is 9. The number of nitrogens with zero attached hydrogens (tertiary/aromatic N) is 3. The molecule has 0 aliphatic carbocycles. The lowest BCUT2D eigenvalue weighted by atomic mass is 10.2. The van der Waals surface area contributed by atoms with Crippen LogP contribution in [0.5, 0.6) is 0 Å². The Kier molecular flexibility index (Phi) is 7.43. The van der Waals surface area contributed by atoms with Crippen molar-refractivity contribution in [3.05, 3.63) is 11.4 Å². The molecule has 0 aromatic carbocycles. The molecule has 0 bridgehead atoms. The van der Waals surface area contributed by atoms with Crippen LogP contribution in [0, 0.1) is 6.92 Å². The van der Waals surface area contributed by atoms with E-state index in [1.165, 1.54) is 0 Å². The van der Waals surface area contributed by atoms with Crippen molar-refractivity contribution in [2.45, 2.75) is 53.4 Å². The zero-order valence-electron chi connectivity index (χ0n) is 14.1. The third kappa shape index (κ3) is 4.84. The standard InChI is InChI=1S/C16H30N4O/c1-6-9-17-15-13(5)16(19-14(18-15)12(3)4)20(7-2)10-8-11-21/h12,21H,6-11H2,1-5H3,(H,17,18,19). The molecule has 0 fully saturated rings. The molecule has 0 radical (unpaired) electrons. The molecule has 1 rings (SSSR count). The molecule has 0 aliphatic rings. The molecule has 0 aliphatic heterocycles. The van der Waals surface area contributed by atoms with E-state index < -0.39 is 0 Å². The fraction of sp³-hybridized carbons (Fsp3) is 0.750. The first kappa shape index (κ1) is 17.7. The first-order valence-electron chi connectivity index (χ1n) is 8.03. The molecular weight excluding hydrogens is 264 g/mol. The van der Waals surface area contributed by atoms with E-state index in [0.29, 0.717) is 5.92 Å². The monoisotopic (exact) mass is 294 g/mol. The van der Waals surface area contributed by atoms with Crippen molar-refractivity contribution >= 4 is 11.6 Å². The number of aromatic nitrogens is 2. The smallest absolute Gasteiger partial charge is 0.137 e. The second-order valence-corrected chi connectivity index (χ2v) is 5.62. The highest BCUT2D eigenvalue weighted by atomic mass is 16.3. The first-order valence-corrected chi connectivity index (χ1v) is 8.03. The second-order valence-electron chi connectivity index (χ2n) is 5.62. The van der Waals surface area contributed by atoms with Crippen molar-refractivity contribution in [3.8, 4) is 0 Å². The quantitative estimate of drug-likeness (QED) is 0.733. The number of nitrogens with one attached hydrogen (secondary N) is 1. The predicted molar refractivity (Wildman–Crippen MR) is 89.2 cm³/mol. The van der Waals surface area contributed by atoms with Crippen LogP contribution in [-0.4, -0.2) is 41.3 Å². The molecule has 21 heavy (non-hydrogen) atoms. The predicted octanol–water partition coefficient (Wildman–Crippen LogP) is 2.94. The summed E-state index contributed by atoms with van der Waals surface area (Å²) in [6.45, 7) is 13.4. The molecule has 0 spiro atoms. The number of aliphatic hydroxyl groups is 1. The van der Waals surface area contributed by atoms with Crippen molar-refractivity contribution in [2.24, 2.45) is 0 Å². The zero-order chi connectivity index (χ0) is 15.8. The Morgan fingerprint density at radius 1 is 1.24 bits per heavy atom. The van der Waals surface area contributed by atoms with Gasteiger partial charge in [0.1, 0.15) is 17.5 Å². The van der Waals surface area contributed by atoms with Gasteiger partial charge in [-0.3, -0.25) is 0 Å². The maximum atomic E-state index is 9.07. The minimum atomic E-state index is 0.207. The van der Waals surface area contributed by atoms with Gasteiger partial charge in [-0.2, -0.15) is 0 Å². The van der Waals surface area contributed by atoms with Crippen LogP contribution in [0.15, 0.2) is 0 Å². The van der Waals surface area contributed by atoms with E-state index in [1.807, 2.05) is 0 Å².